The van der Waals surface area contributed by atoms with Gasteiger partial charge in [-0.05, 0) is 60.0 Å². The Balaban J connectivity index is 1.50. The Kier molecular flexibility index (Phi) is 5.86. The van der Waals surface area contributed by atoms with Crippen LogP contribution in [0.2, 0.25) is 0 Å². The molecule has 1 aliphatic rings. The monoisotopic (exact) mass is 514 g/mol. The minimum atomic E-state index is -0.305. The van der Waals surface area contributed by atoms with Gasteiger partial charge in [0.05, 0.1) is 30.4 Å². The lowest BCUT2D eigenvalue weighted by Crippen LogP contribution is -2.32. The minimum absolute atomic E-state index is 0.0270. The molecule has 0 saturated carbocycles. The van der Waals surface area contributed by atoms with E-state index in [1.54, 1.807) is 34.8 Å². The Bertz CT molecular complexity index is 1650. The second kappa shape index (κ2) is 9.07. The van der Waals surface area contributed by atoms with Gasteiger partial charge in [-0.3, -0.25) is 9.36 Å². The van der Waals surface area contributed by atoms with E-state index in [9.17, 15) is 4.79 Å². The van der Waals surface area contributed by atoms with Crippen LogP contribution in [0, 0.1) is 0 Å². The topological polar surface area (TPSA) is 53.4 Å². The van der Waals surface area contributed by atoms with Gasteiger partial charge in [-0.25, -0.2) is 4.98 Å². The number of nitrogens with zero attached hydrogens (tertiary/aromatic N) is 2. The molecule has 1 aliphatic heterocycles. The predicted octanol–water partition coefficient (Wildman–Crippen LogP) is 6.75. The average molecular weight is 515 g/mol. The normalized spacial score (nSPS) is 14.8. The van der Waals surface area contributed by atoms with E-state index in [0.29, 0.717) is 23.9 Å². The number of methoxy groups -OCH3 is 1. The van der Waals surface area contributed by atoms with Crippen LogP contribution in [-0.4, -0.2) is 22.3 Å². The number of thiophene rings is 1. The van der Waals surface area contributed by atoms with Crippen molar-refractivity contribution in [2.75, 3.05) is 7.11 Å². The number of rotatable bonds is 5. The molecule has 5 nitrogen and oxygen atoms in total. The van der Waals surface area contributed by atoms with Gasteiger partial charge in [0, 0.05) is 17.1 Å². The van der Waals surface area contributed by atoms with Crippen molar-refractivity contribution in [3.8, 4) is 11.4 Å². The highest BCUT2D eigenvalue weighted by molar-refractivity contribution is 7.98. The van der Waals surface area contributed by atoms with Crippen molar-refractivity contribution in [1.29, 1.82) is 0 Å². The number of thioether (sulfide) groups is 1. The van der Waals surface area contributed by atoms with Crippen molar-refractivity contribution in [1.82, 2.24) is 9.55 Å². The summed E-state index contributed by atoms with van der Waals surface area (Å²) in [7, 11) is 1.64. The first-order valence-electron chi connectivity index (χ1n) is 11.9. The molecule has 0 unspecified atom stereocenters. The van der Waals surface area contributed by atoms with Gasteiger partial charge in [0.2, 0.25) is 0 Å². The van der Waals surface area contributed by atoms with Gasteiger partial charge in [0.25, 0.3) is 5.56 Å². The first kappa shape index (κ1) is 23.3. The van der Waals surface area contributed by atoms with Gasteiger partial charge in [-0.15, -0.1) is 11.3 Å². The number of ether oxygens (including phenoxy) is 2. The maximum atomic E-state index is 14.1. The summed E-state index contributed by atoms with van der Waals surface area (Å²) in [4.78, 5) is 21.1. The zero-order chi connectivity index (χ0) is 24.9. The van der Waals surface area contributed by atoms with Crippen LogP contribution < -0.4 is 10.3 Å². The summed E-state index contributed by atoms with van der Waals surface area (Å²) in [5, 5.41) is 3.83. The summed E-state index contributed by atoms with van der Waals surface area (Å²) in [6.07, 6.45) is 0.699. The lowest BCUT2D eigenvalue weighted by Gasteiger charge is -2.29. The first-order valence-corrected chi connectivity index (χ1v) is 13.7. The van der Waals surface area contributed by atoms with Crippen molar-refractivity contribution < 1.29 is 9.47 Å². The summed E-state index contributed by atoms with van der Waals surface area (Å²) in [6.45, 7) is 4.66. The molecule has 0 N–H and O–H groups in total. The van der Waals surface area contributed by atoms with Gasteiger partial charge >= 0.3 is 0 Å². The second-order valence-corrected chi connectivity index (χ2v) is 11.6. The molecule has 0 spiro atoms. The van der Waals surface area contributed by atoms with E-state index < -0.39 is 0 Å². The van der Waals surface area contributed by atoms with Crippen LogP contribution in [0.3, 0.4) is 0 Å². The molecule has 36 heavy (non-hydrogen) atoms. The van der Waals surface area contributed by atoms with Crippen LogP contribution in [0.15, 0.2) is 76.7 Å². The Labute approximate surface area is 217 Å². The zero-order valence-corrected chi connectivity index (χ0v) is 22.0. The lowest BCUT2D eigenvalue weighted by molar-refractivity contribution is -0.0379. The molecule has 6 rings (SSSR count). The maximum Gasteiger partial charge on any atom is 0.267 e. The molecule has 2 aromatic heterocycles. The molecular formula is C29H26N2O3S2. The fraction of sp³-hybridized carbons (Fsp3) is 0.241. The smallest absolute Gasteiger partial charge is 0.267 e. The number of benzene rings is 3. The van der Waals surface area contributed by atoms with Crippen LogP contribution >= 0.6 is 23.1 Å². The summed E-state index contributed by atoms with van der Waals surface area (Å²) in [6, 6.07) is 22.3. The Morgan fingerprint density at radius 1 is 1.08 bits per heavy atom. The summed E-state index contributed by atoms with van der Waals surface area (Å²) in [5.74, 6) is 1.45. The largest absolute Gasteiger partial charge is 0.497 e. The molecule has 0 bridgehead atoms. The number of aromatic nitrogens is 2. The summed E-state index contributed by atoms with van der Waals surface area (Å²) in [5.41, 5.74) is 2.74. The zero-order valence-electron chi connectivity index (χ0n) is 20.4. The minimum Gasteiger partial charge on any atom is -0.497 e. The molecule has 3 aromatic carbocycles. The average Bonchev–Trinajstić information content (AvgIpc) is 3.24. The van der Waals surface area contributed by atoms with Gasteiger partial charge in [-0.1, -0.05) is 54.2 Å². The molecule has 0 aliphatic carbocycles. The van der Waals surface area contributed by atoms with Gasteiger partial charge in [0.15, 0.2) is 5.16 Å². The van der Waals surface area contributed by atoms with E-state index in [1.807, 2.05) is 24.3 Å². The highest BCUT2D eigenvalue weighted by Gasteiger charge is 2.31. The standard InChI is InChI=1S/C29H26N2O3S2/c1-29(2)15-23-24(16-34-29)36-26-25(23)27(32)31(20-11-13-21(33-3)14-12-20)28(30-26)35-17-19-9-6-8-18-7-4-5-10-22(18)19/h4-14H,15-17H2,1-3H3. The van der Waals surface area contributed by atoms with Crippen LogP contribution in [0.1, 0.15) is 29.9 Å². The van der Waals surface area contributed by atoms with Crippen LogP contribution in [-0.2, 0) is 23.5 Å². The van der Waals surface area contributed by atoms with E-state index in [-0.39, 0.29) is 11.2 Å². The first-order chi connectivity index (χ1) is 17.4. The Hall–Kier alpha value is -3.13. The van der Waals surface area contributed by atoms with Crippen molar-refractivity contribution in [3.05, 3.63) is 93.1 Å². The highest BCUT2D eigenvalue weighted by Crippen LogP contribution is 2.38. The third-order valence-electron chi connectivity index (χ3n) is 6.64. The van der Waals surface area contributed by atoms with Crippen LogP contribution in [0.4, 0.5) is 0 Å². The molecule has 7 heteroatoms. The number of hydrogen-bond acceptors (Lipinski definition) is 6. The van der Waals surface area contributed by atoms with Gasteiger partial charge < -0.3 is 9.47 Å². The predicted molar refractivity (Wildman–Crippen MR) is 148 cm³/mol. The van der Waals surface area contributed by atoms with E-state index in [2.05, 4.69) is 56.3 Å². The van der Waals surface area contributed by atoms with Crippen molar-refractivity contribution in [2.24, 2.45) is 0 Å². The molecule has 0 saturated heterocycles. The van der Waals surface area contributed by atoms with Gasteiger partial charge in [-0.2, -0.15) is 0 Å². The van der Waals surface area contributed by atoms with Gasteiger partial charge in [0.1, 0.15) is 10.6 Å². The molecule has 182 valence electrons. The molecule has 3 heterocycles. The molecule has 0 amide bonds. The molecule has 5 aromatic rings. The maximum absolute atomic E-state index is 14.1. The third kappa shape index (κ3) is 4.11. The second-order valence-electron chi connectivity index (χ2n) is 9.57. The van der Waals surface area contributed by atoms with E-state index in [4.69, 9.17) is 14.5 Å². The van der Waals surface area contributed by atoms with Crippen LogP contribution in [0.25, 0.3) is 26.7 Å². The Morgan fingerprint density at radius 2 is 1.86 bits per heavy atom. The van der Waals surface area contributed by atoms with Crippen molar-refractivity contribution in [3.63, 3.8) is 0 Å². The lowest BCUT2D eigenvalue weighted by atomic mass is 9.94. The summed E-state index contributed by atoms with van der Waals surface area (Å²) >= 11 is 3.17. The molecular weight excluding hydrogens is 488 g/mol. The number of fused-ring (bicyclic) bond motifs is 4. The Morgan fingerprint density at radius 3 is 2.67 bits per heavy atom. The third-order valence-corrected chi connectivity index (χ3v) is 8.73. The number of hydrogen-bond donors (Lipinski definition) is 0. The molecule has 0 fully saturated rings. The van der Waals surface area contributed by atoms with E-state index >= 15 is 0 Å². The van der Waals surface area contributed by atoms with E-state index in [1.165, 1.54) is 16.3 Å². The molecule has 0 atom stereocenters. The van der Waals surface area contributed by atoms with Crippen molar-refractivity contribution >= 4 is 44.1 Å². The van der Waals surface area contributed by atoms with Crippen LogP contribution in [0.5, 0.6) is 5.75 Å². The summed E-state index contributed by atoms with van der Waals surface area (Å²) < 4.78 is 13.1. The highest BCUT2D eigenvalue weighted by atomic mass is 32.2. The fourth-order valence-electron chi connectivity index (χ4n) is 4.79. The fourth-order valence-corrected chi connectivity index (χ4v) is 6.95. The quantitative estimate of drug-likeness (QED) is 0.192. The molecule has 0 radical (unpaired) electrons. The SMILES string of the molecule is COc1ccc(-n2c(SCc3cccc4ccccc34)nc3sc4c(c3c2=O)CC(C)(C)OC4)cc1. The van der Waals surface area contributed by atoms with E-state index in [0.717, 1.165) is 32.1 Å². The van der Waals surface area contributed by atoms with Crippen molar-refractivity contribution in [2.45, 2.75) is 43.4 Å².